The molecule has 0 amide bonds. The number of likely N-dealkylation sites (N-methyl/N-ethyl adjacent to an activating group) is 1. The van der Waals surface area contributed by atoms with Crippen molar-refractivity contribution in [3.8, 4) is 0 Å². The lowest BCUT2D eigenvalue weighted by Crippen LogP contribution is -2.14. The lowest BCUT2D eigenvalue weighted by Gasteiger charge is -2.08. The van der Waals surface area contributed by atoms with Gasteiger partial charge in [-0.15, -0.1) is 0 Å². The zero-order chi connectivity index (χ0) is 6.57. The molecule has 1 nitrogen and oxygen atoms in total. The van der Waals surface area contributed by atoms with Crippen LogP contribution < -0.4 is 0 Å². The highest BCUT2D eigenvalue weighted by Gasteiger charge is 1.90. The zero-order valence-corrected chi connectivity index (χ0v) is 6.41. The van der Waals surface area contributed by atoms with Crippen molar-refractivity contribution in [2.45, 2.75) is 0 Å². The fourth-order valence-corrected chi connectivity index (χ4v) is 0.597. The third kappa shape index (κ3) is 4.22. The van der Waals surface area contributed by atoms with Gasteiger partial charge < -0.3 is 4.90 Å². The van der Waals surface area contributed by atoms with E-state index in [0.29, 0.717) is 0 Å². The first-order valence-electron chi connectivity index (χ1n) is 2.59. The van der Waals surface area contributed by atoms with Gasteiger partial charge >= 0.3 is 0 Å². The van der Waals surface area contributed by atoms with Crippen molar-refractivity contribution in [1.29, 1.82) is 0 Å². The minimum atomic E-state index is 0.790. The van der Waals surface area contributed by atoms with Crippen LogP contribution in [-0.2, 0) is 0 Å². The maximum atomic E-state index is 4.06. The molecule has 0 N–H and O–H groups in total. The van der Waals surface area contributed by atoms with Gasteiger partial charge in [-0.25, -0.2) is 0 Å². The predicted molar refractivity (Wildman–Crippen MR) is 41.5 cm³/mol. The van der Waals surface area contributed by atoms with E-state index >= 15 is 0 Å². The highest BCUT2D eigenvalue weighted by atomic mass is 32.1. The van der Waals surface area contributed by atoms with E-state index in [-0.39, 0.29) is 0 Å². The SMILES string of the molecule is C=C(CS)CN(C)C. The Morgan fingerprint density at radius 2 is 2.12 bits per heavy atom. The maximum Gasteiger partial charge on any atom is 0.0192 e. The van der Waals surface area contributed by atoms with Crippen molar-refractivity contribution in [3.05, 3.63) is 12.2 Å². The molecule has 0 radical (unpaired) electrons. The monoisotopic (exact) mass is 131 g/mol. The van der Waals surface area contributed by atoms with Gasteiger partial charge in [-0.05, 0) is 14.1 Å². The summed E-state index contributed by atoms with van der Waals surface area (Å²) in [6.45, 7) is 4.74. The summed E-state index contributed by atoms with van der Waals surface area (Å²) < 4.78 is 0. The normalized spacial score (nSPS) is 10.0. The first-order chi connectivity index (χ1) is 3.66. The van der Waals surface area contributed by atoms with Gasteiger partial charge in [-0.2, -0.15) is 12.6 Å². The molecule has 8 heavy (non-hydrogen) atoms. The van der Waals surface area contributed by atoms with Gasteiger partial charge in [0.25, 0.3) is 0 Å². The van der Waals surface area contributed by atoms with Crippen LogP contribution in [0.5, 0.6) is 0 Å². The predicted octanol–water partition coefficient (Wildman–Crippen LogP) is 1.03. The summed E-state index contributed by atoms with van der Waals surface area (Å²) in [6.07, 6.45) is 0. The van der Waals surface area contributed by atoms with E-state index in [9.17, 15) is 0 Å². The Hall–Kier alpha value is 0.0500. The smallest absolute Gasteiger partial charge is 0.0192 e. The molecule has 0 fully saturated rings. The Morgan fingerprint density at radius 3 is 2.25 bits per heavy atom. The van der Waals surface area contributed by atoms with E-state index in [1.807, 2.05) is 14.1 Å². The molecular weight excluding hydrogens is 118 g/mol. The molecular formula is C6H13NS. The summed E-state index contributed by atoms with van der Waals surface area (Å²) in [5.74, 6) is 0.790. The standard InChI is InChI=1S/C6H13NS/c1-6(5-8)4-7(2)3/h8H,1,4-5H2,2-3H3. The molecule has 0 rings (SSSR count). The molecule has 0 unspecified atom stereocenters. The van der Waals surface area contributed by atoms with Gasteiger partial charge in [0.2, 0.25) is 0 Å². The second-order valence-electron chi connectivity index (χ2n) is 2.15. The molecule has 0 aliphatic rings. The Kier molecular flexibility index (Phi) is 4.01. The summed E-state index contributed by atoms with van der Waals surface area (Å²) >= 11 is 4.06. The molecule has 0 saturated heterocycles. The van der Waals surface area contributed by atoms with Crippen molar-refractivity contribution >= 4 is 12.6 Å². The van der Waals surface area contributed by atoms with Gasteiger partial charge in [0.1, 0.15) is 0 Å². The Morgan fingerprint density at radius 1 is 1.62 bits per heavy atom. The third-order valence-corrected chi connectivity index (χ3v) is 1.21. The Labute approximate surface area is 56.8 Å². The van der Waals surface area contributed by atoms with E-state index in [2.05, 4.69) is 24.1 Å². The molecule has 0 aliphatic carbocycles. The van der Waals surface area contributed by atoms with Crippen LogP contribution in [0.4, 0.5) is 0 Å². The summed E-state index contributed by atoms with van der Waals surface area (Å²) in [7, 11) is 4.04. The van der Waals surface area contributed by atoms with Gasteiger partial charge in [0, 0.05) is 12.3 Å². The first kappa shape index (κ1) is 8.05. The van der Waals surface area contributed by atoms with Gasteiger partial charge in [0.05, 0.1) is 0 Å². The van der Waals surface area contributed by atoms with E-state index in [1.54, 1.807) is 0 Å². The van der Waals surface area contributed by atoms with Crippen LogP contribution in [0, 0.1) is 0 Å². The van der Waals surface area contributed by atoms with Crippen LogP contribution in [0.3, 0.4) is 0 Å². The second kappa shape index (κ2) is 3.98. The highest BCUT2D eigenvalue weighted by Crippen LogP contribution is 1.93. The van der Waals surface area contributed by atoms with Crippen LogP contribution in [-0.4, -0.2) is 31.3 Å². The van der Waals surface area contributed by atoms with Crippen LogP contribution in [0.15, 0.2) is 12.2 Å². The highest BCUT2D eigenvalue weighted by molar-refractivity contribution is 7.80. The van der Waals surface area contributed by atoms with Crippen molar-refractivity contribution in [2.24, 2.45) is 0 Å². The van der Waals surface area contributed by atoms with Crippen LogP contribution >= 0.6 is 12.6 Å². The number of rotatable bonds is 3. The fourth-order valence-electron chi connectivity index (χ4n) is 0.497. The first-order valence-corrected chi connectivity index (χ1v) is 3.22. The van der Waals surface area contributed by atoms with Gasteiger partial charge in [-0.1, -0.05) is 12.2 Å². The fraction of sp³-hybridized carbons (Fsp3) is 0.667. The Balaban J connectivity index is 3.25. The van der Waals surface area contributed by atoms with Crippen molar-refractivity contribution in [1.82, 2.24) is 4.90 Å². The van der Waals surface area contributed by atoms with Crippen LogP contribution in [0.1, 0.15) is 0 Å². The minimum Gasteiger partial charge on any atom is -0.305 e. The number of nitrogens with zero attached hydrogens (tertiary/aromatic N) is 1. The topological polar surface area (TPSA) is 3.24 Å². The molecule has 0 aromatic heterocycles. The molecule has 0 aliphatic heterocycles. The largest absolute Gasteiger partial charge is 0.305 e. The molecule has 0 bridgehead atoms. The molecule has 48 valence electrons. The summed E-state index contributed by atoms with van der Waals surface area (Å²) in [6, 6.07) is 0. The van der Waals surface area contributed by atoms with Crippen molar-refractivity contribution in [3.63, 3.8) is 0 Å². The van der Waals surface area contributed by atoms with E-state index < -0.39 is 0 Å². The maximum absolute atomic E-state index is 4.06. The summed E-state index contributed by atoms with van der Waals surface area (Å²) in [5, 5.41) is 0. The van der Waals surface area contributed by atoms with Gasteiger partial charge in [-0.3, -0.25) is 0 Å². The van der Waals surface area contributed by atoms with E-state index in [0.717, 1.165) is 12.3 Å². The van der Waals surface area contributed by atoms with Crippen LogP contribution in [0.25, 0.3) is 0 Å². The minimum absolute atomic E-state index is 0.790. The Bertz CT molecular complexity index is 78.6. The average Bonchev–Trinajstić information content (AvgIpc) is 1.65. The number of thiol groups is 1. The summed E-state index contributed by atoms with van der Waals surface area (Å²) in [4.78, 5) is 2.08. The second-order valence-corrected chi connectivity index (χ2v) is 2.46. The lowest BCUT2D eigenvalue weighted by atomic mass is 10.3. The average molecular weight is 131 g/mol. The van der Waals surface area contributed by atoms with Gasteiger partial charge in [0.15, 0.2) is 0 Å². The zero-order valence-electron chi connectivity index (χ0n) is 5.52. The molecule has 2 heteroatoms. The molecule has 0 atom stereocenters. The molecule has 0 aromatic carbocycles. The molecule has 0 heterocycles. The molecule has 0 spiro atoms. The molecule has 0 saturated carbocycles. The number of hydrogen-bond acceptors (Lipinski definition) is 2. The third-order valence-electron chi connectivity index (χ3n) is 0.763. The van der Waals surface area contributed by atoms with E-state index in [4.69, 9.17) is 0 Å². The van der Waals surface area contributed by atoms with E-state index in [1.165, 1.54) is 5.57 Å². The van der Waals surface area contributed by atoms with Crippen LogP contribution in [0.2, 0.25) is 0 Å². The lowest BCUT2D eigenvalue weighted by molar-refractivity contribution is 0.446. The van der Waals surface area contributed by atoms with Crippen molar-refractivity contribution in [2.75, 3.05) is 26.4 Å². The molecule has 0 aromatic rings. The number of hydrogen-bond donors (Lipinski definition) is 1. The quantitative estimate of drug-likeness (QED) is 0.442. The van der Waals surface area contributed by atoms with Crippen molar-refractivity contribution < 1.29 is 0 Å². The summed E-state index contributed by atoms with van der Waals surface area (Å²) in [5.41, 5.74) is 1.17.